The molecule has 2 fully saturated rings. The van der Waals surface area contributed by atoms with Crippen LogP contribution in [0, 0.1) is 0 Å². The van der Waals surface area contributed by atoms with Gasteiger partial charge >= 0.3 is 0 Å². The molecule has 5 rings (SSSR count). The van der Waals surface area contributed by atoms with Crippen molar-refractivity contribution in [1.82, 2.24) is 19.9 Å². The number of aromatic nitrogens is 4. The van der Waals surface area contributed by atoms with Crippen LogP contribution in [0.25, 0.3) is 11.3 Å². The average molecular weight is 539 g/mol. The highest BCUT2D eigenvalue weighted by molar-refractivity contribution is 7.92. The number of hydrogen-bond donors (Lipinski definition) is 2. The third-order valence-corrected chi connectivity index (χ3v) is 8.20. The van der Waals surface area contributed by atoms with Gasteiger partial charge in [-0.15, -0.1) is 0 Å². The van der Waals surface area contributed by atoms with Crippen molar-refractivity contribution in [3.8, 4) is 17.1 Å². The second-order valence-electron chi connectivity index (χ2n) is 9.45. The molecule has 1 amide bonds. The molecule has 2 unspecified atom stereocenters. The minimum atomic E-state index is -3.53. The van der Waals surface area contributed by atoms with Crippen LogP contribution in [-0.4, -0.2) is 58.8 Å². The summed E-state index contributed by atoms with van der Waals surface area (Å²) in [4.78, 5) is 31.1. The highest BCUT2D eigenvalue weighted by Crippen LogP contribution is 2.46. The Kier molecular flexibility index (Phi) is 7.26. The van der Waals surface area contributed by atoms with Crippen LogP contribution in [0.4, 0.5) is 11.5 Å². The SMILES string of the molecule is CCOc1cncc(-c2ccc(NC(=O)C3(c4cc(NS(=O)(=O)CC)ncn4)CC4CCC(C3)O4)cc2)n1. The number of carbonyl (C=O) groups is 1. The number of nitrogens with zero attached hydrogens (tertiary/aromatic N) is 4. The van der Waals surface area contributed by atoms with Crippen molar-refractivity contribution < 1.29 is 22.7 Å². The lowest BCUT2D eigenvalue weighted by molar-refractivity contribution is -0.129. The number of hydrogen-bond acceptors (Lipinski definition) is 9. The van der Waals surface area contributed by atoms with Gasteiger partial charge in [-0.25, -0.2) is 23.4 Å². The first kappa shape index (κ1) is 26.0. The lowest BCUT2D eigenvalue weighted by Crippen LogP contribution is -2.48. The standard InChI is InChI=1S/C26H30N6O5S/c1-3-36-24-15-27-14-21(31-24)17-5-7-18(8-6-17)30-25(33)26(12-19-9-10-20(13-26)37-19)22-11-23(29-16-28-22)32-38(34,35)4-2/h5-8,11,14-16,19-20H,3-4,9-10,12-13H2,1-2H3,(H,30,33)(H,28,29,32). The highest BCUT2D eigenvalue weighted by Gasteiger charge is 2.51. The van der Waals surface area contributed by atoms with Crippen molar-refractivity contribution in [2.24, 2.45) is 0 Å². The van der Waals surface area contributed by atoms with Gasteiger partial charge in [0.25, 0.3) is 0 Å². The summed E-state index contributed by atoms with van der Waals surface area (Å²) in [6, 6.07) is 8.90. The Morgan fingerprint density at radius 3 is 2.53 bits per heavy atom. The zero-order valence-electron chi connectivity index (χ0n) is 21.3. The molecule has 38 heavy (non-hydrogen) atoms. The molecule has 1 aromatic carbocycles. The summed E-state index contributed by atoms with van der Waals surface area (Å²) in [5, 5.41) is 3.05. The van der Waals surface area contributed by atoms with Gasteiger partial charge in [0.1, 0.15) is 12.1 Å². The van der Waals surface area contributed by atoms with E-state index in [0.717, 1.165) is 18.4 Å². The number of sulfonamides is 1. The van der Waals surface area contributed by atoms with E-state index in [0.29, 0.717) is 42.4 Å². The van der Waals surface area contributed by atoms with Crippen LogP contribution in [0.5, 0.6) is 5.88 Å². The number of ether oxygens (including phenoxy) is 2. The van der Waals surface area contributed by atoms with E-state index in [4.69, 9.17) is 9.47 Å². The number of amides is 1. The molecule has 200 valence electrons. The fraction of sp³-hybridized carbons (Fsp3) is 0.423. The first-order valence-corrected chi connectivity index (χ1v) is 14.3. The molecule has 12 heteroatoms. The maximum absolute atomic E-state index is 13.9. The van der Waals surface area contributed by atoms with E-state index < -0.39 is 15.4 Å². The predicted octanol–water partition coefficient (Wildman–Crippen LogP) is 3.31. The zero-order chi connectivity index (χ0) is 26.8. The van der Waals surface area contributed by atoms with Gasteiger partial charge < -0.3 is 14.8 Å². The van der Waals surface area contributed by atoms with Crippen LogP contribution in [-0.2, 0) is 25.0 Å². The van der Waals surface area contributed by atoms with Gasteiger partial charge in [-0.2, -0.15) is 0 Å². The maximum atomic E-state index is 13.9. The van der Waals surface area contributed by atoms with Gasteiger partial charge in [0.2, 0.25) is 21.8 Å². The second-order valence-corrected chi connectivity index (χ2v) is 11.5. The lowest BCUT2D eigenvalue weighted by atomic mass is 9.73. The van der Waals surface area contributed by atoms with Crippen molar-refractivity contribution in [1.29, 1.82) is 0 Å². The van der Waals surface area contributed by atoms with Crippen LogP contribution in [0.15, 0.2) is 49.1 Å². The van der Waals surface area contributed by atoms with Gasteiger partial charge in [0.15, 0.2) is 0 Å². The number of benzene rings is 1. The summed E-state index contributed by atoms with van der Waals surface area (Å²) >= 11 is 0. The Balaban J connectivity index is 1.41. The van der Waals surface area contributed by atoms with Crippen molar-refractivity contribution >= 4 is 27.4 Å². The molecule has 0 aliphatic carbocycles. The van der Waals surface area contributed by atoms with Crippen LogP contribution < -0.4 is 14.8 Å². The molecule has 2 bridgehead atoms. The van der Waals surface area contributed by atoms with E-state index in [1.54, 1.807) is 25.4 Å². The number of anilines is 2. The topological polar surface area (TPSA) is 145 Å². The first-order chi connectivity index (χ1) is 18.3. The van der Waals surface area contributed by atoms with Gasteiger partial charge in [-0.1, -0.05) is 12.1 Å². The molecule has 2 atom stereocenters. The molecule has 2 aromatic heterocycles. The molecule has 3 aromatic rings. The number of nitrogens with one attached hydrogen (secondary N) is 2. The maximum Gasteiger partial charge on any atom is 0.236 e. The van der Waals surface area contributed by atoms with E-state index in [1.165, 1.54) is 6.33 Å². The molecule has 0 spiro atoms. The quantitative estimate of drug-likeness (QED) is 0.419. The van der Waals surface area contributed by atoms with E-state index in [2.05, 4.69) is 30.0 Å². The van der Waals surface area contributed by atoms with Crippen LogP contribution in [0.1, 0.15) is 45.2 Å². The smallest absolute Gasteiger partial charge is 0.236 e. The normalized spacial score (nSPS) is 22.6. The third kappa shape index (κ3) is 5.46. The van der Waals surface area contributed by atoms with Crippen molar-refractivity contribution in [2.45, 2.75) is 57.2 Å². The fourth-order valence-corrected chi connectivity index (χ4v) is 5.61. The monoisotopic (exact) mass is 538 g/mol. The van der Waals surface area contributed by atoms with Crippen molar-refractivity contribution in [3.63, 3.8) is 0 Å². The number of fused-ring (bicyclic) bond motifs is 2. The van der Waals surface area contributed by atoms with E-state index >= 15 is 0 Å². The highest BCUT2D eigenvalue weighted by atomic mass is 32.2. The summed E-state index contributed by atoms with van der Waals surface area (Å²) < 4.78 is 38.2. The third-order valence-electron chi connectivity index (χ3n) is 6.92. The number of carbonyl (C=O) groups excluding carboxylic acids is 1. The van der Waals surface area contributed by atoms with Crippen molar-refractivity contribution in [3.05, 3.63) is 54.7 Å². The molecule has 11 nitrogen and oxygen atoms in total. The molecular formula is C26H30N6O5S. The summed E-state index contributed by atoms with van der Waals surface area (Å²) in [6.45, 7) is 3.92. The summed E-state index contributed by atoms with van der Waals surface area (Å²) in [5.41, 5.74) is 1.59. The fourth-order valence-electron chi connectivity index (χ4n) is 5.04. The second kappa shape index (κ2) is 10.6. The zero-order valence-corrected chi connectivity index (χ0v) is 22.1. The van der Waals surface area contributed by atoms with Gasteiger partial charge in [-0.3, -0.25) is 14.5 Å². The van der Waals surface area contributed by atoms with E-state index in [9.17, 15) is 13.2 Å². The molecule has 0 saturated carbocycles. The van der Waals surface area contributed by atoms with E-state index in [-0.39, 0.29) is 29.7 Å². The summed E-state index contributed by atoms with van der Waals surface area (Å²) in [6.07, 6.45) is 7.02. The molecule has 2 aliphatic heterocycles. The molecule has 0 radical (unpaired) electrons. The van der Waals surface area contributed by atoms with Crippen LogP contribution in [0.2, 0.25) is 0 Å². The lowest BCUT2D eigenvalue weighted by Gasteiger charge is -2.39. The minimum Gasteiger partial charge on any atom is -0.477 e. The Morgan fingerprint density at radius 1 is 1.11 bits per heavy atom. The van der Waals surface area contributed by atoms with Gasteiger partial charge in [0, 0.05) is 17.3 Å². The van der Waals surface area contributed by atoms with Gasteiger partial charge in [-0.05, 0) is 51.7 Å². The Bertz CT molecular complexity index is 1400. The molecule has 2 aliphatic rings. The van der Waals surface area contributed by atoms with Gasteiger partial charge in [0.05, 0.1) is 53.8 Å². The van der Waals surface area contributed by atoms with Crippen molar-refractivity contribution in [2.75, 3.05) is 22.4 Å². The largest absolute Gasteiger partial charge is 0.477 e. The molecule has 4 heterocycles. The molecule has 2 N–H and O–H groups in total. The number of rotatable bonds is 9. The Hall–Kier alpha value is -3.64. The van der Waals surface area contributed by atoms with Crippen LogP contribution in [0.3, 0.4) is 0 Å². The average Bonchev–Trinajstić information content (AvgIpc) is 3.27. The minimum absolute atomic E-state index is 0.0659. The first-order valence-electron chi connectivity index (χ1n) is 12.7. The molecular weight excluding hydrogens is 508 g/mol. The van der Waals surface area contributed by atoms with E-state index in [1.807, 2.05) is 31.2 Å². The summed E-state index contributed by atoms with van der Waals surface area (Å²) in [7, 11) is -3.53. The predicted molar refractivity (Wildman–Crippen MR) is 141 cm³/mol. The Morgan fingerprint density at radius 2 is 1.84 bits per heavy atom. The summed E-state index contributed by atoms with van der Waals surface area (Å²) in [5.74, 6) is 0.283. The van der Waals surface area contributed by atoms with Crippen LogP contribution >= 0.6 is 0 Å². The Labute approximate surface area is 221 Å². The molecule has 2 saturated heterocycles.